The van der Waals surface area contributed by atoms with Gasteiger partial charge in [-0.3, -0.25) is 0 Å². The predicted molar refractivity (Wildman–Crippen MR) is 77.2 cm³/mol. The summed E-state index contributed by atoms with van der Waals surface area (Å²) in [6.07, 6.45) is 1.20. The van der Waals surface area contributed by atoms with Crippen molar-refractivity contribution >= 4 is 11.5 Å². The third-order valence-electron chi connectivity index (χ3n) is 2.91. The molecule has 0 saturated carbocycles. The molecule has 0 radical (unpaired) electrons. The fraction of sp³-hybridized carbons (Fsp3) is 0. The van der Waals surface area contributed by atoms with E-state index in [4.69, 9.17) is 0 Å². The fourth-order valence-corrected chi connectivity index (χ4v) is 2.00. The highest BCUT2D eigenvalue weighted by molar-refractivity contribution is 5.80. The second-order valence-electron chi connectivity index (χ2n) is 4.26. The van der Waals surface area contributed by atoms with E-state index in [9.17, 15) is 4.39 Å². The number of anilines is 2. The van der Waals surface area contributed by atoms with E-state index in [-0.39, 0.29) is 0 Å². The molecule has 3 rings (SSSR count). The highest BCUT2D eigenvalue weighted by Gasteiger charge is 2.05. The van der Waals surface area contributed by atoms with Crippen molar-refractivity contribution in [1.29, 1.82) is 0 Å². The van der Waals surface area contributed by atoms with E-state index in [1.807, 2.05) is 54.6 Å². The van der Waals surface area contributed by atoms with Crippen molar-refractivity contribution < 1.29 is 4.39 Å². The Kier molecular flexibility index (Phi) is 3.37. The van der Waals surface area contributed by atoms with Crippen molar-refractivity contribution in [2.24, 2.45) is 0 Å². The molecule has 0 aliphatic carbocycles. The zero-order valence-corrected chi connectivity index (χ0v) is 10.6. The van der Waals surface area contributed by atoms with Crippen LogP contribution in [-0.4, -0.2) is 9.97 Å². The molecule has 0 spiro atoms. The molecule has 1 heterocycles. The third-order valence-corrected chi connectivity index (χ3v) is 2.91. The smallest absolute Gasteiger partial charge is 0.218 e. The molecular weight excluding hydrogens is 253 g/mol. The number of nitrogens with one attached hydrogen (secondary N) is 1. The molecule has 0 fully saturated rings. The van der Waals surface area contributed by atoms with Gasteiger partial charge in [-0.25, -0.2) is 9.97 Å². The summed E-state index contributed by atoms with van der Waals surface area (Å²) in [5.74, 6) is -0.124. The average Bonchev–Trinajstić information content (AvgIpc) is 2.49. The highest BCUT2D eigenvalue weighted by atomic mass is 19.1. The van der Waals surface area contributed by atoms with E-state index in [0.717, 1.165) is 16.8 Å². The highest BCUT2D eigenvalue weighted by Crippen LogP contribution is 2.29. The lowest BCUT2D eigenvalue weighted by Gasteiger charge is -2.11. The van der Waals surface area contributed by atoms with Crippen LogP contribution in [0.2, 0.25) is 0 Å². The van der Waals surface area contributed by atoms with Gasteiger partial charge in [0, 0.05) is 17.3 Å². The summed E-state index contributed by atoms with van der Waals surface area (Å²) < 4.78 is 13.1. The third kappa shape index (κ3) is 2.64. The van der Waals surface area contributed by atoms with Crippen LogP contribution in [0.15, 0.2) is 67.0 Å². The van der Waals surface area contributed by atoms with Gasteiger partial charge in [0.25, 0.3) is 0 Å². The number of aromatic nitrogens is 2. The summed E-state index contributed by atoms with van der Waals surface area (Å²) in [4.78, 5) is 7.45. The molecule has 1 N–H and O–H groups in total. The molecule has 1 aromatic heterocycles. The maximum atomic E-state index is 13.1. The number of rotatable bonds is 3. The molecular formula is C16H12FN3. The van der Waals surface area contributed by atoms with Gasteiger partial charge < -0.3 is 5.32 Å². The van der Waals surface area contributed by atoms with Crippen LogP contribution in [0.3, 0.4) is 0 Å². The molecule has 20 heavy (non-hydrogen) atoms. The van der Waals surface area contributed by atoms with Gasteiger partial charge >= 0.3 is 0 Å². The summed E-state index contributed by atoms with van der Waals surface area (Å²) >= 11 is 0. The standard InChI is InChI=1S/C16H12FN3/c17-15-10-16(19-11-18-15)20-14-9-5-4-8-13(14)12-6-2-1-3-7-12/h1-11H,(H,18,19,20). The maximum absolute atomic E-state index is 13.1. The first kappa shape index (κ1) is 12.3. The predicted octanol–water partition coefficient (Wildman–Crippen LogP) is 4.03. The van der Waals surface area contributed by atoms with Crippen LogP contribution in [0.5, 0.6) is 0 Å². The van der Waals surface area contributed by atoms with E-state index >= 15 is 0 Å². The lowest BCUT2D eigenvalue weighted by molar-refractivity contribution is 0.580. The first-order valence-electron chi connectivity index (χ1n) is 6.22. The van der Waals surface area contributed by atoms with Gasteiger partial charge in [-0.15, -0.1) is 0 Å². The lowest BCUT2D eigenvalue weighted by atomic mass is 10.0. The Morgan fingerprint density at radius 2 is 1.60 bits per heavy atom. The van der Waals surface area contributed by atoms with Crippen LogP contribution in [0.1, 0.15) is 0 Å². The molecule has 0 bridgehead atoms. The minimum absolute atomic E-state index is 0.431. The average molecular weight is 265 g/mol. The van der Waals surface area contributed by atoms with Crippen LogP contribution in [0.25, 0.3) is 11.1 Å². The van der Waals surface area contributed by atoms with Gasteiger partial charge in [0.05, 0.1) is 0 Å². The number of benzene rings is 2. The van der Waals surface area contributed by atoms with Gasteiger partial charge in [-0.1, -0.05) is 48.5 Å². The number of hydrogen-bond acceptors (Lipinski definition) is 3. The number of nitrogens with zero attached hydrogens (tertiary/aromatic N) is 2. The number of halogens is 1. The van der Waals surface area contributed by atoms with Gasteiger partial charge in [0.2, 0.25) is 5.95 Å². The van der Waals surface area contributed by atoms with Crippen molar-refractivity contribution in [3.05, 3.63) is 72.9 Å². The molecule has 0 aliphatic heterocycles. The first-order chi connectivity index (χ1) is 9.83. The SMILES string of the molecule is Fc1cc(Nc2ccccc2-c2ccccc2)ncn1. The van der Waals surface area contributed by atoms with Gasteiger partial charge in [0.15, 0.2) is 0 Å². The van der Waals surface area contributed by atoms with Gasteiger partial charge in [-0.2, -0.15) is 4.39 Å². The van der Waals surface area contributed by atoms with Crippen molar-refractivity contribution in [3.8, 4) is 11.1 Å². The molecule has 0 atom stereocenters. The monoisotopic (exact) mass is 265 g/mol. The number of hydrogen-bond donors (Lipinski definition) is 1. The zero-order chi connectivity index (χ0) is 13.8. The van der Waals surface area contributed by atoms with Crippen molar-refractivity contribution in [2.75, 3.05) is 5.32 Å². The van der Waals surface area contributed by atoms with Crippen LogP contribution < -0.4 is 5.32 Å². The van der Waals surface area contributed by atoms with Crippen LogP contribution >= 0.6 is 0 Å². The molecule has 0 saturated heterocycles. The Morgan fingerprint density at radius 3 is 2.40 bits per heavy atom. The Labute approximate surface area is 116 Å². The summed E-state index contributed by atoms with van der Waals surface area (Å²) in [7, 11) is 0. The molecule has 0 amide bonds. The van der Waals surface area contributed by atoms with Gasteiger partial charge in [-0.05, 0) is 11.6 Å². The minimum Gasteiger partial charge on any atom is -0.340 e. The lowest BCUT2D eigenvalue weighted by Crippen LogP contribution is -1.97. The molecule has 3 nitrogen and oxygen atoms in total. The normalized spacial score (nSPS) is 10.2. The zero-order valence-electron chi connectivity index (χ0n) is 10.6. The van der Waals surface area contributed by atoms with Crippen molar-refractivity contribution in [3.63, 3.8) is 0 Å². The van der Waals surface area contributed by atoms with Crippen LogP contribution in [0.4, 0.5) is 15.9 Å². The Morgan fingerprint density at radius 1 is 0.850 bits per heavy atom. The Hall–Kier alpha value is -2.75. The van der Waals surface area contributed by atoms with Crippen LogP contribution in [0, 0.1) is 5.95 Å². The topological polar surface area (TPSA) is 37.8 Å². The molecule has 3 aromatic rings. The quantitative estimate of drug-likeness (QED) is 0.727. The fourth-order valence-electron chi connectivity index (χ4n) is 2.00. The Bertz CT molecular complexity index is 714. The largest absolute Gasteiger partial charge is 0.340 e. The van der Waals surface area contributed by atoms with Gasteiger partial charge in [0.1, 0.15) is 12.1 Å². The second kappa shape index (κ2) is 5.48. The molecule has 98 valence electrons. The minimum atomic E-state index is -0.556. The summed E-state index contributed by atoms with van der Waals surface area (Å²) in [5, 5.41) is 3.12. The van der Waals surface area contributed by atoms with Crippen molar-refractivity contribution in [2.45, 2.75) is 0 Å². The van der Waals surface area contributed by atoms with E-state index in [1.54, 1.807) is 0 Å². The Balaban J connectivity index is 1.99. The summed E-state index contributed by atoms with van der Waals surface area (Å²) in [5.41, 5.74) is 2.99. The number of para-hydroxylation sites is 1. The van der Waals surface area contributed by atoms with E-state index in [2.05, 4.69) is 15.3 Å². The summed E-state index contributed by atoms with van der Waals surface area (Å²) in [6, 6.07) is 19.1. The van der Waals surface area contributed by atoms with Crippen molar-refractivity contribution in [1.82, 2.24) is 9.97 Å². The second-order valence-corrected chi connectivity index (χ2v) is 4.26. The molecule has 4 heteroatoms. The summed E-state index contributed by atoms with van der Waals surface area (Å²) in [6.45, 7) is 0. The first-order valence-corrected chi connectivity index (χ1v) is 6.22. The maximum Gasteiger partial charge on any atom is 0.218 e. The van der Waals surface area contributed by atoms with Crippen LogP contribution in [-0.2, 0) is 0 Å². The molecule has 2 aromatic carbocycles. The van der Waals surface area contributed by atoms with E-state index < -0.39 is 5.95 Å². The van der Waals surface area contributed by atoms with E-state index in [0.29, 0.717) is 5.82 Å². The molecule has 0 unspecified atom stereocenters. The van der Waals surface area contributed by atoms with E-state index in [1.165, 1.54) is 12.4 Å². The molecule has 0 aliphatic rings.